The third-order valence-electron chi connectivity index (χ3n) is 2.75. The van der Waals surface area contributed by atoms with E-state index in [1.165, 1.54) is 7.11 Å². The lowest BCUT2D eigenvalue weighted by Gasteiger charge is -2.10. The topological polar surface area (TPSA) is 35.5 Å². The molecule has 1 aliphatic carbocycles. The van der Waals surface area contributed by atoms with Crippen molar-refractivity contribution in [2.24, 2.45) is 5.92 Å². The standard InChI is InChI=1S/C10H14O3/c1-12-10(11)6-8-5-7-3-2-4-9(7)13-8/h2-3,7-9H,4-6H2,1H3/t7-,8?,9-/m1/s1. The molecule has 2 aliphatic rings. The molecular formula is C10H14O3. The van der Waals surface area contributed by atoms with Crippen molar-refractivity contribution in [3.63, 3.8) is 0 Å². The first-order valence-corrected chi connectivity index (χ1v) is 4.68. The van der Waals surface area contributed by atoms with Gasteiger partial charge in [0.1, 0.15) is 0 Å². The SMILES string of the molecule is COC(=O)CC1C[C@H]2C=CC[C@H]2O1. The molecule has 0 amide bonds. The Bertz CT molecular complexity index is 234. The molecule has 0 spiro atoms. The zero-order chi connectivity index (χ0) is 9.26. The Labute approximate surface area is 77.7 Å². The van der Waals surface area contributed by atoms with Gasteiger partial charge in [0.2, 0.25) is 0 Å². The van der Waals surface area contributed by atoms with Crippen LogP contribution in [0.15, 0.2) is 12.2 Å². The maximum atomic E-state index is 11.0. The lowest BCUT2D eigenvalue weighted by atomic mass is 10.0. The van der Waals surface area contributed by atoms with Gasteiger partial charge in [-0.2, -0.15) is 0 Å². The number of carbonyl (C=O) groups is 1. The van der Waals surface area contributed by atoms with Crippen molar-refractivity contribution in [1.82, 2.24) is 0 Å². The number of fused-ring (bicyclic) bond motifs is 1. The molecule has 3 heteroatoms. The van der Waals surface area contributed by atoms with Crippen molar-refractivity contribution in [2.75, 3.05) is 7.11 Å². The average Bonchev–Trinajstić information content (AvgIpc) is 2.63. The van der Waals surface area contributed by atoms with Gasteiger partial charge in [-0.25, -0.2) is 0 Å². The summed E-state index contributed by atoms with van der Waals surface area (Å²) < 4.78 is 10.3. The first kappa shape index (κ1) is 8.75. The van der Waals surface area contributed by atoms with Gasteiger partial charge in [0.15, 0.2) is 0 Å². The number of ether oxygens (including phenoxy) is 2. The normalized spacial score (nSPS) is 36.2. The van der Waals surface area contributed by atoms with Gasteiger partial charge in [0, 0.05) is 5.92 Å². The third kappa shape index (κ3) is 1.75. The fourth-order valence-corrected chi connectivity index (χ4v) is 2.08. The van der Waals surface area contributed by atoms with Gasteiger partial charge in [-0.05, 0) is 12.8 Å². The average molecular weight is 182 g/mol. The highest BCUT2D eigenvalue weighted by atomic mass is 16.5. The van der Waals surface area contributed by atoms with Crippen molar-refractivity contribution in [3.8, 4) is 0 Å². The molecule has 2 rings (SSSR count). The van der Waals surface area contributed by atoms with Crippen LogP contribution in [0, 0.1) is 5.92 Å². The van der Waals surface area contributed by atoms with Gasteiger partial charge in [-0.3, -0.25) is 4.79 Å². The van der Waals surface area contributed by atoms with Gasteiger partial charge in [-0.15, -0.1) is 0 Å². The van der Waals surface area contributed by atoms with E-state index < -0.39 is 0 Å². The Hall–Kier alpha value is -0.830. The minimum Gasteiger partial charge on any atom is -0.469 e. The summed E-state index contributed by atoms with van der Waals surface area (Å²) in [5.41, 5.74) is 0. The molecule has 3 nitrogen and oxygen atoms in total. The maximum absolute atomic E-state index is 11.0. The Morgan fingerprint density at radius 1 is 1.69 bits per heavy atom. The van der Waals surface area contributed by atoms with E-state index in [4.69, 9.17) is 4.74 Å². The summed E-state index contributed by atoms with van der Waals surface area (Å²) in [6.45, 7) is 0. The first-order chi connectivity index (χ1) is 6.29. The highest BCUT2D eigenvalue weighted by molar-refractivity contribution is 5.69. The van der Waals surface area contributed by atoms with E-state index in [1.54, 1.807) is 0 Å². The highest BCUT2D eigenvalue weighted by Crippen LogP contribution is 2.35. The van der Waals surface area contributed by atoms with Gasteiger partial charge in [-0.1, -0.05) is 12.2 Å². The van der Waals surface area contributed by atoms with Crippen LogP contribution >= 0.6 is 0 Å². The van der Waals surface area contributed by atoms with Crippen molar-refractivity contribution in [1.29, 1.82) is 0 Å². The highest BCUT2D eigenvalue weighted by Gasteiger charge is 2.36. The number of hydrogen-bond acceptors (Lipinski definition) is 3. The molecule has 1 heterocycles. The maximum Gasteiger partial charge on any atom is 0.308 e. The number of methoxy groups -OCH3 is 1. The summed E-state index contributed by atoms with van der Waals surface area (Å²) in [6, 6.07) is 0. The Morgan fingerprint density at radius 2 is 2.54 bits per heavy atom. The zero-order valence-electron chi connectivity index (χ0n) is 7.73. The molecule has 1 unspecified atom stereocenters. The quantitative estimate of drug-likeness (QED) is 0.476. The molecule has 1 fully saturated rings. The minimum absolute atomic E-state index is 0.0763. The summed E-state index contributed by atoms with van der Waals surface area (Å²) >= 11 is 0. The molecular weight excluding hydrogens is 168 g/mol. The van der Waals surface area contributed by atoms with Gasteiger partial charge >= 0.3 is 5.97 Å². The number of esters is 1. The van der Waals surface area contributed by atoms with Crippen LogP contribution in [0.25, 0.3) is 0 Å². The molecule has 0 aromatic carbocycles. The molecule has 0 N–H and O–H groups in total. The van der Waals surface area contributed by atoms with Crippen LogP contribution in [-0.2, 0) is 14.3 Å². The second kappa shape index (κ2) is 3.50. The molecule has 72 valence electrons. The predicted molar refractivity (Wildman–Crippen MR) is 47.2 cm³/mol. The zero-order valence-corrected chi connectivity index (χ0v) is 7.73. The number of hydrogen-bond donors (Lipinski definition) is 0. The summed E-state index contributed by atoms with van der Waals surface area (Å²) in [4.78, 5) is 11.0. The van der Waals surface area contributed by atoms with E-state index in [-0.39, 0.29) is 12.1 Å². The van der Waals surface area contributed by atoms with E-state index in [0.29, 0.717) is 18.4 Å². The predicted octanol–water partition coefficient (Wildman–Crippen LogP) is 1.28. The lowest BCUT2D eigenvalue weighted by molar-refractivity contribution is -0.143. The third-order valence-corrected chi connectivity index (χ3v) is 2.75. The first-order valence-electron chi connectivity index (χ1n) is 4.68. The van der Waals surface area contributed by atoms with Crippen molar-refractivity contribution < 1.29 is 14.3 Å². The molecule has 0 bridgehead atoms. The number of rotatable bonds is 2. The van der Waals surface area contributed by atoms with E-state index >= 15 is 0 Å². The second-order valence-corrected chi connectivity index (χ2v) is 3.64. The molecule has 3 atom stereocenters. The fraction of sp³-hybridized carbons (Fsp3) is 0.700. The largest absolute Gasteiger partial charge is 0.469 e. The second-order valence-electron chi connectivity index (χ2n) is 3.64. The Morgan fingerprint density at radius 3 is 3.23 bits per heavy atom. The lowest BCUT2D eigenvalue weighted by Crippen LogP contribution is -2.15. The summed E-state index contributed by atoms with van der Waals surface area (Å²) in [6.07, 6.45) is 7.13. The molecule has 0 aromatic rings. The Kier molecular flexibility index (Phi) is 2.36. The van der Waals surface area contributed by atoms with Gasteiger partial charge in [0.05, 0.1) is 25.7 Å². The molecule has 0 saturated carbocycles. The molecule has 13 heavy (non-hydrogen) atoms. The molecule has 1 saturated heterocycles. The van der Waals surface area contributed by atoms with Crippen LogP contribution in [0.5, 0.6) is 0 Å². The summed E-state index contributed by atoms with van der Waals surface area (Å²) in [5, 5.41) is 0. The van der Waals surface area contributed by atoms with Crippen molar-refractivity contribution in [2.45, 2.75) is 31.5 Å². The molecule has 1 aliphatic heterocycles. The van der Waals surface area contributed by atoms with Crippen LogP contribution in [-0.4, -0.2) is 25.3 Å². The molecule has 0 radical (unpaired) electrons. The van der Waals surface area contributed by atoms with Crippen LogP contribution in [0.4, 0.5) is 0 Å². The van der Waals surface area contributed by atoms with Crippen LogP contribution in [0.1, 0.15) is 19.3 Å². The van der Waals surface area contributed by atoms with Crippen LogP contribution in [0.2, 0.25) is 0 Å². The van der Waals surface area contributed by atoms with Crippen LogP contribution in [0.3, 0.4) is 0 Å². The van der Waals surface area contributed by atoms with Crippen molar-refractivity contribution in [3.05, 3.63) is 12.2 Å². The van der Waals surface area contributed by atoms with E-state index in [1.807, 2.05) is 0 Å². The summed E-state index contributed by atoms with van der Waals surface area (Å²) in [7, 11) is 1.41. The van der Waals surface area contributed by atoms with E-state index in [0.717, 1.165) is 12.8 Å². The summed E-state index contributed by atoms with van der Waals surface area (Å²) in [5.74, 6) is 0.364. The van der Waals surface area contributed by atoms with E-state index in [9.17, 15) is 4.79 Å². The smallest absolute Gasteiger partial charge is 0.308 e. The van der Waals surface area contributed by atoms with E-state index in [2.05, 4.69) is 16.9 Å². The monoisotopic (exact) mass is 182 g/mol. The van der Waals surface area contributed by atoms with Crippen LogP contribution < -0.4 is 0 Å². The van der Waals surface area contributed by atoms with Crippen molar-refractivity contribution >= 4 is 5.97 Å². The van der Waals surface area contributed by atoms with Gasteiger partial charge in [0.25, 0.3) is 0 Å². The van der Waals surface area contributed by atoms with Gasteiger partial charge < -0.3 is 9.47 Å². The molecule has 0 aromatic heterocycles. The Balaban J connectivity index is 1.85. The fourth-order valence-electron chi connectivity index (χ4n) is 2.08. The minimum atomic E-state index is -0.172. The number of carbonyl (C=O) groups excluding carboxylic acids is 1.